The number of ether oxygens (including phenoxy) is 1. The first-order valence-corrected chi connectivity index (χ1v) is 5.32. The number of benzene rings is 2. The number of carbonyl (C=O) groups excluding carboxylic acids is 1. The van der Waals surface area contributed by atoms with Gasteiger partial charge in [-0.15, -0.1) is 0 Å². The lowest BCUT2D eigenvalue weighted by Gasteiger charge is -2.06. The quantitative estimate of drug-likeness (QED) is 0.554. The minimum absolute atomic E-state index is 0.308. The minimum atomic E-state index is -0.438. The summed E-state index contributed by atoms with van der Waals surface area (Å²) in [7, 11) is 0. The van der Waals surface area contributed by atoms with Crippen LogP contribution in [0, 0.1) is 5.82 Å². The van der Waals surface area contributed by atoms with Crippen molar-refractivity contribution in [1.82, 2.24) is 0 Å². The summed E-state index contributed by atoms with van der Waals surface area (Å²) in [4.78, 5) is 11.8. The Kier molecular flexibility index (Phi) is 2.18. The molecule has 0 fully saturated rings. The summed E-state index contributed by atoms with van der Waals surface area (Å²) in [5.41, 5.74) is 1.59. The van der Waals surface area contributed by atoms with E-state index in [1.54, 1.807) is 18.2 Å². The average molecular weight is 228 g/mol. The molecular weight excluding hydrogens is 219 g/mol. The van der Waals surface area contributed by atoms with Crippen LogP contribution in [0.15, 0.2) is 48.5 Å². The number of esters is 1. The molecule has 0 aromatic heterocycles. The topological polar surface area (TPSA) is 26.3 Å². The van der Waals surface area contributed by atoms with Crippen LogP contribution in [-0.4, -0.2) is 5.97 Å². The van der Waals surface area contributed by atoms with Crippen LogP contribution in [0.5, 0.6) is 5.75 Å². The highest BCUT2D eigenvalue weighted by atomic mass is 19.1. The van der Waals surface area contributed by atoms with Gasteiger partial charge in [0.1, 0.15) is 17.5 Å². The summed E-state index contributed by atoms with van der Waals surface area (Å²) >= 11 is 0. The zero-order valence-corrected chi connectivity index (χ0v) is 8.89. The Labute approximate surface area is 97.7 Å². The Hall–Kier alpha value is -2.16. The molecule has 2 aromatic carbocycles. The van der Waals surface area contributed by atoms with Gasteiger partial charge in [-0.25, -0.2) is 4.39 Å². The zero-order valence-electron chi connectivity index (χ0n) is 8.89. The van der Waals surface area contributed by atoms with Gasteiger partial charge in [-0.2, -0.15) is 0 Å². The van der Waals surface area contributed by atoms with E-state index in [0.29, 0.717) is 5.75 Å². The first-order valence-electron chi connectivity index (χ1n) is 5.32. The van der Waals surface area contributed by atoms with Crippen LogP contribution in [0.25, 0.3) is 0 Å². The van der Waals surface area contributed by atoms with Gasteiger partial charge in [0.2, 0.25) is 0 Å². The summed E-state index contributed by atoms with van der Waals surface area (Å²) in [5.74, 6) is -0.468. The highest BCUT2D eigenvalue weighted by Crippen LogP contribution is 2.38. The van der Waals surface area contributed by atoms with Crippen LogP contribution in [0.1, 0.15) is 17.0 Å². The van der Waals surface area contributed by atoms with Crippen molar-refractivity contribution in [2.75, 3.05) is 0 Å². The number of fused-ring (bicyclic) bond motifs is 1. The summed E-state index contributed by atoms with van der Waals surface area (Å²) in [6.07, 6.45) is 0. The van der Waals surface area contributed by atoms with Crippen LogP contribution in [0.2, 0.25) is 0 Å². The second-order valence-electron chi connectivity index (χ2n) is 3.94. The predicted molar refractivity (Wildman–Crippen MR) is 60.3 cm³/mol. The van der Waals surface area contributed by atoms with Gasteiger partial charge in [-0.05, 0) is 23.8 Å². The lowest BCUT2D eigenvalue weighted by Crippen LogP contribution is -2.11. The molecular formula is C14H9FO2. The molecule has 84 valence electrons. The zero-order chi connectivity index (χ0) is 11.8. The fourth-order valence-electron chi connectivity index (χ4n) is 2.08. The predicted octanol–water partition coefficient (Wildman–Crippen LogP) is 2.88. The molecule has 1 heterocycles. The summed E-state index contributed by atoms with van der Waals surface area (Å²) in [6, 6.07) is 13.2. The lowest BCUT2D eigenvalue weighted by molar-refractivity contribution is -0.133. The Morgan fingerprint density at radius 2 is 1.71 bits per heavy atom. The van der Waals surface area contributed by atoms with Crippen molar-refractivity contribution in [1.29, 1.82) is 0 Å². The van der Waals surface area contributed by atoms with Crippen molar-refractivity contribution in [3.05, 3.63) is 65.5 Å². The lowest BCUT2D eigenvalue weighted by atomic mass is 9.93. The van der Waals surface area contributed by atoms with E-state index in [1.165, 1.54) is 12.1 Å². The fourth-order valence-corrected chi connectivity index (χ4v) is 2.08. The number of carbonyl (C=O) groups is 1. The molecule has 17 heavy (non-hydrogen) atoms. The third-order valence-electron chi connectivity index (χ3n) is 2.88. The number of hydrogen-bond donors (Lipinski definition) is 0. The normalized spacial score (nSPS) is 17.7. The molecule has 0 spiro atoms. The second kappa shape index (κ2) is 3.70. The summed E-state index contributed by atoms with van der Waals surface area (Å²) < 4.78 is 18.0. The van der Waals surface area contributed by atoms with Crippen molar-refractivity contribution in [3.8, 4) is 5.75 Å². The van der Waals surface area contributed by atoms with Gasteiger partial charge < -0.3 is 4.74 Å². The van der Waals surface area contributed by atoms with Gasteiger partial charge >= 0.3 is 5.97 Å². The maximum atomic E-state index is 12.9. The van der Waals surface area contributed by atoms with Gasteiger partial charge in [-0.1, -0.05) is 30.3 Å². The highest BCUT2D eigenvalue weighted by Gasteiger charge is 2.33. The Bertz CT molecular complexity index is 575. The van der Waals surface area contributed by atoms with E-state index < -0.39 is 5.92 Å². The van der Waals surface area contributed by atoms with E-state index in [-0.39, 0.29) is 11.8 Å². The van der Waals surface area contributed by atoms with E-state index in [0.717, 1.165) is 11.1 Å². The molecule has 0 N–H and O–H groups in total. The van der Waals surface area contributed by atoms with Gasteiger partial charge in [0.15, 0.2) is 0 Å². The van der Waals surface area contributed by atoms with Gasteiger partial charge in [-0.3, -0.25) is 4.79 Å². The fraction of sp³-hybridized carbons (Fsp3) is 0.0714. The van der Waals surface area contributed by atoms with Crippen LogP contribution < -0.4 is 4.74 Å². The average Bonchev–Trinajstić information content (AvgIpc) is 2.66. The SMILES string of the molecule is O=C1Oc2ccccc2C1c1ccc(F)cc1. The molecule has 2 nitrogen and oxygen atoms in total. The third kappa shape index (κ3) is 1.60. The number of hydrogen-bond acceptors (Lipinski definition) is 2. The van der Waals surface area contributed by atoms with E-state index in [1.807, 2.05) is 18.2 Å². The Morgan fingerprint density at radius 1 is 1.00 bits per heavy atom. The maximum Gasteiger partial charge on any atom is 0.323 e. The summed E-state index contributed by atoms with van der Waals surface area (Å²) in [6.45, 7) is 0. The molecule has 1 unspecified atom stereocenters. The third-order valence-corrected chi connectivity index (χ3v) is 2.88. The molecule has 2 aromatic rings. The smallest absolute Gasteiger partial charge is 0.323 e. The van der Waals surface area contributed by atoms with E-state index in [9.17, 15) is 9.18 Å². The van der Waals surface area contributed by atoms with Crippen LogP contribution in [0.3, 0.4) is 0 Å². The molecule has 3 rings (SSSR count). The van der Waals surface area contributed by atoms with Crippen LogP contribution in [-0.2, 0) is 4.79 Å². The van der Waals surface area contributed by atoms with Gasteiger partial charge in [0.25, 0.3) is 0 Å². The van der Waals surface area contributed by atoms with Crippen LogP contribution in [0.4, 0.5) is 4.39 Å². The van der Waals surface area contributed by atoms with E-state index >= 15 is 0 Å². The van der Waals surface area contributed by atoms with Gasteiger partial charge in [0, 0.05) is 5.56 Å². The Morgan fingerprint density at radius 3 is 2.47 bits per heavy atom. The Balaban J connectivity index is 2.09. The van der Waals surface area contributed by atoms with Crippen LogP contribution >= 0.6 is 0 Å². The number of rotatable bonds is 1. The molecule has 1 atom stereocenters. The first-order chi connectivity index (χ1) is 8.25. The van der Waals surface area contributed by atoms with Crippen molar-refractivity contribution in [3.63, 3.8) is 0 Å². The molecule has 0 radical (unpaired) electrons. The van der Waals surface area contributed by atoms with E-state index in [4.69, 9.17) is 4.74 Å². The number of para-hydroxylation sites is 1. The first kappa shape index (κ1) is 10.0. The largest absolute Gasteiger partial charge is 0.425 e. The summed E-state index contributed by atoms with van der Waals surface area (Å²) in [5, 5.41) is 0. The van der Waals surface area contributed by atoms with Crippen molar-refractivity contribution < 1.29 is 13.9 Å². The molecule has 1 aliphatic heterocycles. The highest BCUT2D eigenvalue weighted by molar-refractivity contribution is 5.89. The standard InChI is InChI=1S/C14H9FO2/c15-10-7-5-9(6-8-10)13-11-3-1-2-4-12(11)17-14(13)16/h1-8,13H. The van der Waals surface area contributed by atoms with Crippen molar-refractivity contribution in [2.24, 2.45) is 0 Å². The van der Waals surface area contributed by atoms with E-state index in [2.05, 4.69) is 0 Å². The molecule has 1 aliphatic rings. The van der Waals surface area contributed by atoms with Gasteiger partial charge in [0.05, 0.1) is 0 Å². The molecule has 0 saturated carbocycles. The van der Waals surface area contributed by atoms with Crippen molar-refractivity contribution in [2.45, 2.75) is 5.92 Å². The maximum absolute atomic E-state index is 12.9. The minimum Gasteiger partial charge on any atom is -0.425 e. The molecule has 3 heteroatoms. The molecule has 0 aliphatic carbocycles. The molecule has 0 saturated heterocycles. The number of halogens is 1. The molecule has 0 amide bonds. The molecule has 0 bridgehead atoms. The monoisotopic (exact) mass is 228 g/mol. The second-order valence-corrected chi connectivity index (χ2v) is 3.94. The van der Waals surface area contributed by atoms with Crippen molar-refractivity contribution >= 4 is 5.97 Å².